The maximum atomic E-state index is 13.0. The Labute approximate surface area is 233 Å². The van der Waals surface area contributed by atoms with Crippen LogP contribution in [0.3, 0.4) is 0 Å². The molecule has 1 unspecified atom stereocenters. The highest BCUT2D eigenvalue weighted by atomic mass is 35.5. The van der Waals surface area contributed by atoms with Gasteiger partial charge in [0.25, 0.3) is 0 Å². The molecular weight excluding hydrogens is 534 g/mol. The van der Waals surface area contributed by atoms with Crippen LogP contribution in [0.2, 0.25) is 5.02 Å². The number of rotatable bonds is 10. The van der Waals surface area contributed by atoms with Crippen molar-refractivity contribution >= 4 is 41.1 Å². The minimum absolute atomic E-state index is 0.295. The third-order valence-corrected chi connectivity index (χ3v) is 6.17. The van der Waals surface area contributed by atoms with Crippen molar-refractivity contribution in [2.75, 3.05) is 19.0 Å². The Balaban J connectivity index is 1.31. The number of fused-ring (bicyclic) bond motifs is 1. The molecule has 202 valence electrons. The number of esters is 1. The molecule has 0 aliphatic heterocycles. The number of carbonyl (C=O) groups is 2. The molecule has 1 atom stereocenters. The first kappa shape index (κ1) is 26.5. The Morgan fingerprint density at radius 1 is 1.12 bits per heavy atom. The summed E-state index contributed by atoms with van der Waals surface area (Å²) in [5.74, 6) is -0.396. The Hall–Kier alpha value is -5.10. The zero-order chi connectivity index (χ0) is 27.9. The maximum absolute atomic E-state index is 13.0. The lowest BCUT2D eigenvalue weighted by Crippen LogP contribution is -2.40. The zero-order valence-corrected chi connectivity index (χ0v) is 22.1. The van der Waals surface area contributed by atoms with Crippen LogP contribution in [0.25, 0.3) is 17.4 Å². The van der Waals surface area contributed by atoms with E-state index in [1.165, 1.54) is 24.2 Å². The molecule has 40 heavy (non-hydrogen) atoms. The quantitative estimate of drug-likeness (QED) is 0.196. The predicted molar refractivity (Wildman–Crippen MR) is 148 cm³/mol. The lowest BCUT2D eigenvalue weighted by molar-refractivity contribution is -0.117. The smallest absolute Gasteiger partial charge is 0.338 e. The molecule has 0 radical (unpaired) electrons. The number of nitrogens with zero attached hydrogens (tertiary/aromatic N) is 7. The number of hydrogen-bond donors (Lipinski definition) is 2. The van der Waals surface area contributed by atoms with E-state index in [9.17, 15) is 9.59 Å². The van der Waals surface area contributed by atoms with Gasteiger partial charge in [-0.1, -0.05) is 41.9 Å². The number of methoxy groups -OCH3 is 1. The standard InChI is InChI=1S/C27H24ClN9O3/c1-40-26(39)20-11-12-36-24(15-20)32-27(33-36)29-16-22(13-18-5-3-2-4-6-18)31-25(38)10-7-19-14-21(28)8-9-23(19)37-17-30-34-35-37/h2-12,14-15,17,22H,13,16H2,1H3,(H,29,33)(H,31,38). The average molecular weight is 558 g/mol. The summed E-state index contributed by atoms with van der Waals surface area (Å²) in [5.41, 5.74) is 3.26. The van der Waals surface area contributed by atoms with Gasteiger partial charge in [0.15, 0.2) is 5.65 Å². The van der Waals surface area contributed by atoms with E-state index in [0.717, 1.165) is 5.56 Å². The number of aromatic nitrogens is 7. The molecule has 1 amide bonds. The monoisotopic (exact) mass is 557 g/mol. The van der Waals surface area contributed by atoms with Crippen LogP contribution in [-0.4, -0.2) is 66.4 Å². The molecule has 0 saturated carbocycles. The fourth-order valence-electron chi connectivity index (χ4n) is 4.04. The second-order valence-electron chi connectivity index (χ2n) is 8.71. The summed E-state index contributed by atoms with van der Waals surface area (Å²) in [6.45, 7) is 0.349. The van der Waals surface area contributed by atoms with Crippen molar-refractivity contribution in [1.82, 2.24) is 40.1 Å². The number of benzene rings is 2. The van der Waals surface area contributed by atoms with Gasteiger partial charge in [0.05, 0.1) is 24.4 Å². The van der Waals surface area contributed by atoms with E-state index in [0.29, 0.717) is 46.4 Å². The fraction of sp³-hybridized carbons (Fsp3) is 0.148. The predicted octanol–water partition coefficient (Wildman–Crippen LogP) is 3.00. The second-order valence-corrected chi connectivity index (χ2v) is 9.15. The third kappa shape index (κ3) is 6.48. The highest BCUT2D eigenvalue weighted by Crippen LogP contribution is 2.20. The van der Waals surface area contributed by atoms with Gasteiger partial charge in [0.2, 0.25) is 11.9 Å². The van der Waals surface area contributed by atoms with E-state index in [1.807, 2.05) is 30.3 Å². The van der Waals surface area contributed by atoms with Gasteiger partial charge in [-0.25, -0.2) is 9.31 Å². The number of halogens is 1. The van der Waals surface area contributed by atoms with Crippen LogP contribution in [0, 0.1) is 0 Å². The molecule has 5 rings (SSSR count). The maximum Gasteiger partial charge on any atom is 0.338 e. The van der Waals surface area contributed by atoms with Crippen molar-refractivity contribution in [2.24, 2.45) is 0 Å². The highest BCUT2D eigenvalue weighted by molar-refractivity contribution is 6.30. The summed E-state index contributed by atoms with van der Waals surface area (Å²) in [7, 11) is 1.32. The van der Waals surface area contributed by atoms with Crippen molar-refractivity contribution in [3.05, 3.63) is 101 Å². The number of hydrogen-bond acceptors (Lipinski definition) is 9. The topological polar surface area (TPSA) is 141 Å². The summed E-state index contributed by atoms with van der Waals surface area (Å²) in [6, 6.07) is 18.0. The first-order valence-electron chi connectivity index (χ1n) is 12.2. The summed E-state index contributed by atoms with van der Waals surface area (Å²) in [5, 5.41) is 22.4. The summed E-state index contributed by atoms with van der Waals surface area (Å²) < 4.78 is 7.81. The van der Waals surface area contributed by atoms with Crippen LogP contribution in [0.1, 0.15) is 21.5 Å². The molecule has 0 bridgehead atoms. The molecule has 5 aromatic rings. The Morgan fingerprint density at radius 2 is 1.98 bits per heavy atom. The van der Waals surface area contributed by atoms with E-state index in [1.54, 1.807) is 47.1 Å². The van der Waals surface area contributed by atoms with Crippen molar-refractivity contribution in [3.63, 3.8) is 0 Å². The SMILES string of the molecule is COC(=O)c1ccn2nc(NCC(Cc3ccccc3)NC(=O)C=Cc3cc(Cl)ccc3-n3cnnn3)nc2c1. The lowest BCUT2D eigenvalue weighted by Gasteiger charge is -2.18. The second kappa shape index (κ2) is 12.2. The molecule has 0 aliphatic carbocycles. The molecule has 0 aliphatic rings. The van der Waals surface area contributed by atoms with Gasteiger partial charge in [-0.15, -0.1) is 10.2 Å². The van der Waals surface area contributed by atoms with E-state index in [4.69, 9.17) is 16.3 Å². The van der Waals surface area contributed by atoms with Crippen LogP contribution >= 0.6 is 11.6 Å². The first-order valence-corrected chi connectivity index (χ1v) is 12.6. The number of ether oxygens (including phenoxy) is 1. The summed E-state index contributed by atoms with van der Waals surface area (Å²) >= 11 is 6.19. The molecule has 2 N–H and O–H groups in total. The third-order valence-electron chi connectivity index (χ3n) is 5.94. The van der Waals surface area contributed by atoms with Crippen molar-refractivity contribution in [2.45, 2.75) is 12.5 Å². The van der Waals surface area contributed by atoms with Gasteiger partial charge >= 0.3 is 5.97 Å². The molecule has 2 aromatic carbocycles. The zero-order valence-electron chi connectivity index (χ0n) is 21.3. The molecule has 3 aromatic heterocycles. The van der Waals surface area contributed by atoms with Gasteiger partial charge in [-0.2, -0.15) is 9.67 Å². The highest BCUT2D eigenvalue weighted by Gasteiger charge is 2.15. The summed E-state index contributed by atoms with van der Waals surface area (Å²) in [4.78, 5) is 29.3. The van der Waals surface area contributed by atoms with E-state index < -0.39 is 5.97 Å². The fourth-order valence-corrected chi connectivity index (χ4v) is 4.22. The number of anilines is 1. The van der Waals surface area contributed by atoms with Crippen molar-refractivity contribution < 1.29 is 14.3 Å². The van der Waals surface area contributed by atoms with Crippen molar-refractivity contribution in [1.29, 1.82) is 0 Å². The Kier molecular flexibility index (Phi) is 8.07. The molecule has 0 fully saturated rings. The van der Waals surface area contributed by atoms with E-state index in [-0.39, 0.29) is 11.9 Å². The summed E-state index contributed by atoms with van der Waals surface area (Å²) in [6.07, 6.45) is 6.77. The largest absolute Gasteiger partial charge is 0.465 e. The van der Waals surface area contributed by atoms with E-state index in [2.05, 4.69) is 36.2 Å². The van der Waals surface area contributed by atoms with Crippen LogP contribution in [0.5, 0.6) is 0 Å². The van der Waals surface area contributed by atoms with Gasteiger partial charge in [-0.05, 0) is 58.8 Å². The van der Waals surface area contributed by atoms with E-state index >= 15 is 0 Å². The molecule has 0 saturated heterocycles. The van der Waals surface area contributed by atoms with Crippen LogP contribution in [0.15, 0.2) is 79.3 Å². The van der Waals surface area contributed by atoms with Gasteiger partial charge in [-0.3, -0.25) is 4.79 Å². The number of pyridine rings is 1. The van der Waals surface area contributed by atoms with Crippen LogP contribution < -0.4 is 10.6 Å². The molecule has 13 heteroatoms. The first-order chi connectivity index (χ1) is 19.5. The number of carbonyl (C=O) groups excluding carboxylic acids is 2. The molecular formula is C27H24ClN9O3. The average Bonchev–Trinajstić information content (AvgIpc) is 3.65. The normalized spacial score (nSPS) is 11.9. The Bertz CT molecular complexity index is 1650. The molecule has 3 heterocycles. The van der Waals surface area contributed by atoms with Gasteiger partial charge in [0.1, 0.15) is 6.33 Å². The minimum Gasteiger partial charge on any atom is -0.465 e. The number of amides is 1. The number of tetrazole rings is 1. The van der Waals surface area contributed by atoms with Gasteiger partial charge < -0.3 is 15.4 Å². The molecule has 0 spiro atoms. The van der Waals surface area contributed by atoms with Crippen molar-refractivity contribution in [3.8, 4) is 5.69 Å². The van der Waals surface area contributed by atoms with Crippen LogP contribution in [0.4, 0.5) is 5.95 Å². The van der Waals surface area contributed by atoms with Gasteiger partial charge in [0, 0.05) is 29.4 Å². The Morgan fingerprint density at radius 3 is 2.75 bits per heavy atom. The number of nitrogens with one attached hydrogen (secondary N) is 2. The van der Waals surface area contributed by atoms with Crippen LogP contribution in [-0.2, 0) is 16.0 Å². The minimum atomic E-state index is -0.457. The molecule has 12 nitrogen and oxygen atoms in total. The lowest BCUT2D eigenvalue weighted by atomic mass is 10.1.